The maximum Gasteiger partial charge on any atom is 0.433 e. The first-order valence-corrected chi connectivity index (χ1v) is 9.25. The van der Waals surface area contributed by atoms with Crippen LogP contribution in [0, 0.1) is 5.82 Å². The minimum Gasteiger partial charge on any atom is -0.457 e. The van der Waals surface area contributed by atoms with Gasteiger partial charge in [0.25, 0.3) is 0 Å². The average Bonchev–Trinajstić information content (AvgIpc) is 2.75. The van der Waals surface area contributed by atoms with Crippen molar-refractivity contribution in [3.63, 3.8) is 0 Å². The standard InChI is InChI=1S/C22H15F4N5O/c23-17-4-2-1-3-16(17)18-12-20(31-21(27)30-18)29-13-5-7-14(8-6-13)32-15-9-10-28-19(11-15)22(24,25)26/h1-12H,(H3,27,29,30,31). The van der Waals surface area contributed by atoms with E-state index in [0.717, 1.165) is 12.3 Å². The highest BCUT2D eigenvalue weighted by atomic mass is 19.4. The monoisotopic (exact) mass is 441 g/mol. The van der Waals surface area contributed by atoms with Gasteiger partial charge in [0, 0.05) is 29.6 Å². The molecule has 0 saturated carbocycles. The number of halogens is 4. The lowest BCUT2D eigenvalue weighted by Crippen LogP contribution is -2.07. The summed E-state index contributed by atoms with van der Waals surface area (Å²) in [5, 5.41) is 3.03. The molecule has 3 N–H and O–H groups in total. The number of pyridine rings is 1. The van der Waals surface area contributed by atoms with Crippen LogP contribution in [0.5, 0.6) is 11.5 Å². The van der Waals surface area contributed by atoms with Crippen molar-refractivity contribution in [1.29, 1.82) is 0 Å². The number of ether oxygens (including phenoxy) is 1. The maximum atomic E-state index is 14.1. The predicted molar refractivity (Wildman–Crippen MR) is 111 cm³/mol. The molecular weight excluding hydrogens is 426 g/mol. The van der Waals surface area contributed by atoms with E-state index < -0.39 is 17.7 Å². The third-order valence-corrected chi connectivity index (χ3v) is 4.28. The van der Waals surface area contributed by atoms with Crippen LogP contribution in [0.1, 0.15) is 5.69 Å². The Hall–Kier alpha value is -4.21. The SMILES string of the molecule is Nc1nc(Nc2ccc(Oc3ccnc(C(F)(F)F)c3)cc2)cc(-c2ccccc2F)n1. The molecule has 0 aliphatic heterocycles. The number of nitrogen functional groups attached to an aromatic ring is 1. The van der Waals surface area contributed by atoms with Crippen molar-refractivity contribution >= 4 is 17.5 Å². The molecular formula is C22H15F4N5O. The lowest BCUT2D eigenvalue weighted by molar-refractivity contribution is -0.141. The van der Waals surface area contributed by atoms with Crippen molar-refractivity contribution in [3.8, 4) is 22.8 Å². The number of alkyl halides is 3. The zero-order valence-corrected chi connectivity index (χ0v) is 16.3. The van der Waals surface area contributed by atoms with Gasteiger partial charge in [0.1, 0.15) is 28.8 Å². The predicted octanol–water partition coefficient (Wildman–Crippen LogP) is 5.81. The molecule has 0 amide bonds. The van der Waals surface area contributed by atoms with Gasteiger partial charge in [-0.2, -0.15) is 18.2 Å². The number of rotatable bonds is 5. The van der Waals surface area contributed by atoms with Gasteiger partial charge in [0.2, 0.25) is 5.95 Å². The van der Waals surface area contributed by atoms with E-state index in [1.54, 1.807) is 48.5 Å². The zero-order chi connectivity index (χ0) is 22.7. The molecule has 0 atom stereocenters. The first-order chi connectivity index (χ1) is 15.3. The number of aromatic nitrogens is 3. The molecule has 0 saturated heterocycles. The Kier molecular flexibility index (Phi) is 5.59. The summed E-state index contributed by atoms with van der Waals surface area (Å²) in [6, 6.07) is 16.3. The largest absolute Gasteiger partial charge is 0.457 e. The van der Waals surface area contributed by atoms with Crippen LogP contribution in [-0.4, -0.2) is 15.0 Å². The quantitative estimate of drug-likeness (QED) is 0.380. The lowest BCUT2D eigenvalue weighted by Gasteiger charge is -2.11. The van der Waals surface area contributed by atoms with Crippen LogP contribution in [0.25, 0.3) is 11.3 Å². The van der Waals surface area contributed by atoms with Crippen molar-refractivity contribution in [2.45, 2.75) is 6.18 Å². The second kappa shape index (κ2) is 8.50. The number of anilines is 3. The molecule has 0 radical (unpaired) electrons. The van der Waals surface area contributed by atoms with Gasteiger partial charge in [-0.15, -0.1) is 0 Å². The average molecular weight is 441 g/mol. The Balaban J connectivity index is 1.51. The van der Waals surface area contributed by atoms with Crippen LogP contribution in [0.15, 0.2) is 72.9 Å². The van der Waals surface area contributed by atoms with Gasteiger partial charge in [-0.1, -0.05) is 12.1 Å². The molecule has 162 valence electrons. The topological polar surface area (TPSA) is 86.0 Å². The van der Waals surface area contributed by atoms with E-state index in [1.165, 1.54) is 12.1 Å². The maximum absolute atomic E-state index is 14.1. The molecule has 0 spiro atoms. The van der Waals surface area contributed by atoms with Gasteiger partial charge in [0.15, 0.2) is 0 Å². The first-order valence-electron chi connectivity index (χ1n) is 9.25. The van der Waals surface area contributed by atoms with E-state index in [0.29, 0.717) is 22.9 Å². The van der Waals surface area contributed by atoms with Crippen molar-refractivity contribution in [2.75, 3.05) is 11.1 Å². The Morgan fingerprint density at radius 3 is 2.34 bits per heavy atom. The van der Waals surface area contributed by atoms with Crippen molar-refractivity contribution < 1.29 is 22.3 Å². The van der Waals surface area contributed by atoms with Crippen LogP contribution in [0.4, 0.5) is 35.0 Å². The normalized spacial score (nSPS) is 11.2. The summed E-state index contributed by atoms with van der Waals surface area (Å²) in [5.41, 5.74) is 5.92. The summed E-state index contributed by atoms with van der Waals surface area (Å²) in [4.78, 5) is 11.5. The summed E-state index contributed by atoms with van der Waals surface area (Å²) >= 11 is 0. The third-order valence-electron chi connectivity index (χ3n) is 4.28. The molecule has 0 aliphatic rings. The molecule has 2 heterocycles. The van der Waals surface area contributed by atoms with Crippen LogP contribution in [0.3, 0.4) is 0 Å². The fraction of sp³-hybridized carbons (Fsp3) is 0.0455. The molecule has 2 aromatic carbocycles. The first kappa shape index (κ1) is 21.0. The Labute approximate surface area is 179 Å². The fourth-order valence-corrected chi connectivity index (χ4v) is 2.86. The smallest absolute Gasteiger partial charge is 0.433 e. The van der Waals surface area contributed by atoms with Gasteiger partial charge < -0.3 is 15.8 Å². The second-order valence-corrected chi connectivity index (χ2v) is 6.60. The Morgan fingerprint density at radius 1 is 0.875 bits per heavy atom. The van der Waals surface area contributed by atoms with Gasteiger partial charge in [-0.25, -0.2) is 9.37 Å². The van der Waals surface area contributed by atoms with E-state index in [4.69, 9.17) is 10.5 Å². The number of hydrogen-bond donors (Lipinski definition) is 2. The Bertz CT molecular complexity index is 1250. The van der Waals surface area contributed by atoms with E-state index in [1.807, 2.05) is 0 Å². The number of benzene rings is 2. The van der Waals surface area contributed by atoms with Gasteiger partial charge >= 0.3 is 6.18 Å². The molecule has 0 unspecified atom stereocenters. The van der Waals surface area contributed by atoms with Crippen LogP contribution in [0.2, 0.25) is 0 Å². The fourth-order valence-electron chi connectivity index (χ4n) is 2.86. The minimum atomic E-state index is -4.56. The summed E-state index contributed by atoms with van der Waals surface area (Å²) in [6.07, 6.45) is -3.53. The van der Waals surface area contributed by atoms with Gasteiger partial charge in [-0.3, -0.25) is 4.98 Å². The Morgan fingerprint density at radius 2 is 1.62 bits per heavy atom. The van der Waals surface area contributed by atoms with E-state index in [2.05, 4.69) is 20.3 Å². The number of nitrogens with one attached hydrogen (secondary N) is 1. The highest BCUT2D eigenvalue weighted by molar-refractivity contribution is 5.67. The molecule has 6 nitrogen and oxygen atoms in total. The molecule has 4 aromatic rings. The molecule has 10 heteroatoms. The third kappa shape index (κ3) is 4.91. The number of nitrogens with zero attached hydrogens (tertiary/aromatic N) is 3. The number of hydrogen-bond acceptors (Lipinski definition) is 6. The summed E-state index contributed by atoms with van der Waals surface area (Å²) < 4.78 is 57.9. The second-order valence-electron chi connectivity index (χ2n) is 6.60. The molecule has 0 fully saturated rings. The summed E-state index contributed by atoms with van der Waals surface area (Å²) in [6.45, 7) is 0. The zero-order valence-electron chi connectivity index (χ0n) is 16.3. The molecule has 32 heavy (non-hydrogen) atoms. The molecule has 4 rings (SSSR count). The van der Waals surface area contributed by atoms with Crippen molar-refractivity contribution in [3.05, 3.63) is 84.4 Å². The molecule has 2 aromatic heterocycles. The van der Waals surface area contributed by atoms with Crippen LogP contribution in [-0.2, 0) is 6.18 Å². The van der Waals surface area contributed by atoms with E-state index in [-0.39, 0.29) is 17.3 Å². The van der Waals surface area contributed by atoms with E-state index in [9.17, 15) is 17.6 Å². The summed E-state index contributed by atoms with van der Waals surface area (Å²) in [5.74, 6) is 0.192. The van der Waals surface area contributed by atoms with Crippen LogP contribution < -0.4 is 15.8 Å². The van der Waals surface area contributed by atoms with Gasteiger partial charge in [-0.05, 0) is 42.5 Å². The van der Waals surface area contributed by atoms with Crippen molar-refractivity contribution in [1.82, 2.24) is 15.0 Å². The highest BCUT2D eigenvalue weighted by Gasteiger charge is 2.32. The summed E-state index contributed by atoms with van der Waals surface area (Å²) in [7, 11) is 0. The minimum absolute atomic E-state index is 0.00568. The lowest BCUT2D eigenvalue weighted by atomic mass is 10.1. The molecule has 0 aliphatic carbocycles. The molecule has 0 bridgehead atoms. The van der Waals surface area contributed by atoms with E-state index >= 15 is 0 Å². The van der Waals surface area contributed by atoms with Crippen molar-refractivity contribution in [2.24, 2.45) is 0 Å². The van der Waals surface area contributed by atoms with Gasteiger partial charge in [0.05, 0.1) is 5.69 Å². The highest BCUT2D eigenvalue weighted by Crippen LogP contribution is 2.31. The van der Waals surface area contributed by atoms with Crippen LogP contribution >= 0.6 is 0 Å². The number of nitrogens with two attached hydrogens (primary N) is 1.